The van der Waals surface area contributed by atoms with Gasteiger partial charge in [-0.3, -0.25) is 19.2 Å². The normalized spacial score (nSPS) is 10.4. The van der Waals surface area contributed by atoms with Crippen molar-refractivity contribution in [3.63, 3.8) is 0 Å². The average molecular weight is 479 g/mol. The molecule has 2 aromatic carbocycles. The molecule has 0 unspecified atom stereocenters. The maximum Gasteiger partial charge on any atom is 0.311 e. The Hall–Kier alpha value is -2.70. The summed E-state index contributed by atoms with van der Waals surface area (Å²) in [5.41, 5.74) is 0.691. The van der Waals surface area contributed by atoms with E-state index in [0.29, 0.717) is 35.5 Å². The number of carbonyl (C=O) groups excluding carboxylic acids is 4. The van der Waals surface area contributed by atoms with Crippen LogP contribution in [-0.4, -0.2) is 22.4 Å². The molecule has 8 heteroatoms. The Kier molecular flexibility index (Phi) is 10.9. The third-order valence-electron chi connectivity index (χ3n) is 4.64. The smallest absolute Gasteiger partial charge is 0.311 e. The second-order valence-corrected chi connectivity index (χ2v) is 7.85. The number of rotatable bonds is 13. The van der Waals surface area contributed by atoms with Gasteiger partial charge < -0.3 is 9.47 Å². The molecule has 2 rings (SSSR count). The molecule has 0 aromatic heterocycles. The standard InChI is InChI=1S/C24H24Cl2O6/c25-23(29)17-9-13-19(14-10-17)31-21(27)7-5-3-1-2-4-6-8-22(28)32-20-15-11-18(12-16-20)24(26)30/h9-16H,1-8H2. The lowest BCUT2D eigenvalue weighted by atomic mass is 10.1. The van der Waals surface area contributed by atoms with E-state index in [4.69, 9.17) is 32.7 Å². The minimum absolute atomic E-state index is 0.316. The lowest BCUT2D eigenvalue weighted by molar-refractivity contribution is -0.135. The first-order valence-corrected chi connectivity index (χ1v) is 11.1. The lowest BCUT2D eigenvalue weighted by Gasteiger charge is -2.06. The molecule has 0 aliphatic heterocycles. The zero-order valence-corrected chi connectivity index (χ0v) is 19.0. The van der Waals surface area contributed by atoms with Crippen molar-refractivity contribution in [3.05, 3.63) is 59.7 Å². The van der Waals surface area contributed by atoms with Gasteiger partial charge in [-0.15, -0.1) is 0 Å². The van der Waals surface area contributed by atoms with Gasteiger partial charge in [0, 0.05) is 24.0 Å². The van der Waals surface area contributed by atoms with Crippen LogP contribution in [0.1, 0.15) is 72.1 Å². The summed E-state index contributed by atoms with van der Waals surface area (Å²) in [5.74, 6) is 0.126. The van der Waals surface area contributed by atoms with Crippen molar-refractivity contribution in [1.29, 1.82) is 0 Å². The molecule has 0 radical (unpaired) electrons. The van der Waals surface area contributed by atoms with Crippen molar-refractivity contribution >= 4 is 45.6 Å². The van der Waals surface area contributed by atoms with E-state index in [2.05, 4.69) is 0 Å². The van der Waals surface area contributed by atoms with Gasteiger partial charge in [0.25, 0.3) is 10.5 Å². The summed E-state index contributed by atoms with van der Waals surface area (Å²) in [5, 5.41) is -1.12. The summed E-state index contributed by atoms with van der Waals surface area (Å²) < 4.78 is 10.4. The Balaban J connectivity index is 1.50. The fourth-order valence-corrected chi connectivity index (χ4v) is 3.17. The van der Waals surface area contributed by atoms with Crippen LogP contribution in [0.4, 0.5) is 0 Å². The molecule has 0 N–H and O–H groups in total. The van der Waals surface area contributed by atoms with E-state index in [-0.39, 0.29) is 11.9 Å². The molecule has 0 atom stereocenters. The SMILES string of the molecule is O=C(CCCCCCCCC(=O)Oc1ccc(C(=O)Cl)cc1)Oc1ccc(C(=O)Cl)cc1. The van der Waals surface area contributed by atoms with E-state index in [1.807, 2.05) is 0 Å². The van der Waals surface area contributed by atoms with Crippen LogP contribution >= 0.6 is 23.2 Å². The van der Waals surface area contributed by atoms with Crippen LogP contribution in [0, 0.1) is 0 Å². The quantitative estimate of drug-likeness (QED) is 0.150. The summed E-state index contributed by atoms with van der Waals surface area (Å²) in [6.45, 7) is 0. The molecule has 170 valence electrons. The largest absolute Gasteiger partial charge is 0.427 e. The van der Waals surface area contributed by atoms with Crippen LogP contribution in [0.3, 0.4) is 0 Å². The minimum Gasteiger partial charge on any atom is -0.427 e. The van der Waals surface area contributed by atoms with Gasteiger partial charge >= 0.3 is 11.9 Å². The van der Waals surface area contributed by atoms with Crippen LogP contribution in [0.5, 0.6) is 11.5 Å². The van der Waals surface area contributed by atoms with Crippen molar-refractivity contribution in [2.24, 2.45) is 0 Å². The van der Waals surface area contributed by atoms with Gasteiger partial charge in [-0.2, -0.15) is 0 Å². The Morgan fingerprint density at radius 2 is 0.844 bits per heavy atom. The van der Waals surface area contributed by atoms with Crippen molar-refractivity contribution in [2.75, 3.05) is 0 Å². The van der Waals surface area contributed by atoms with E-state index < -0.39 is 10.5 Å². The zero-order chi connectivity index (χ0) is 23.3. The molecule has 0 saturated heterocycles. The third kappa shape index (κ3) is 9.62. The van der Waals surface area contributed by atoms with Gasteiger partial charge in [-0.1, -0.05) is 25.7 Å². The molecular formula is C24H24Cl2O6. The Morgan fingerprint density at radius 1 is 0.531 bits per heavy atom. The molecule has 6 nitrogen and oxygen atoms in total. The van der Waals surface area contributed by atoms with Crippen LogP contribution in [-0.2, 0) is 9.59 Å². The van der Waals surface area contributed by atoms with Crippen LogP contribution in [0.15, 0.2) is 48.5 Å². The molecule has 2 aromatic rings. The first-order valence-electron chi connectivity index (χ1n) is 10.4. The van der Waals surface area contributed by atoms with Crippen molar-refractivity contribution < 1.29 is 28.7 Å². The fourth-order valence-electron chi connectivity index (χ4n) is 2.92. The molecule has 0 saturated carbocycles. The predicted molar refractivity (Wildman–Crippen MR) is 121 cm³/mol. The number of ether oxygens (including phenoxy) is 2. The van der Waals surface area contributed by atoms with Crippen molar-refractivity contribution in [2.45, 2.75) is 51.4 Å². The third-order valence-corrected chi connectivity index (χ3v) is 5.07. The second-order valence-electron chi connectivity index (χ2n) is 7.17. The number of unbranched alkanes of at least 4 members (excludes halogenated alkanes) is 5. The Bertz CT molecular complexity index is 845. The number of hydrogen-bond acceptors (Lipinski definition) is 6. The number of hydrogen-bond donors (Lipinski definition) is 0. The summed E-state index contributed by atoms with van der Waals surface area (Å²) in [6.07, 6.45) is 5.79. The second kappa shape index (κ2) is 13.7. The summed E-state index contributed by atoms with van der Waals surface area (Å²) in [7, 11) is 0. The summed E-state index contributed by atoms with van der Waals surface area (Å²) in [4.78, 5) is 45.7. The molecule has 0 aliphatic rings. The molecular weight excluding hydrogens is 455 g/mol. The van der Waals surface area contributed by atoms with Gasteiger partial charge in [0.1, 0.15) is 11.5 Å². The molecule has 0 spiro atoms. The van der Waals surface area contributed by atoms with Crippen LogP contribution < -0.4 is 9.47 Å². The zero-order valence-electron chi connectivity index (χ0n) is 17.5. The van der Waals surface area contributed by atoms with E-state index in [1.165, 1.54) is 48.5 Å². The van der Waals surface area contributed by atoms with Crippen LogP contribution in [0.25, 0.3) is 0 Å². The van der Waals surface area contributed by atoms with Crippen molar-refractivity contribution in [1.82, 2.24) is 0 Å². The highest BCUT2D eigenvalue weighted by Crippen LogP contribution is 2.17. The van der Waals surface area contributed by atoms with Gasteiger partial charge in [0.2, 0.25) is 0 Å². The lowest BCUT2D eigenvalue weighted by Crippen LogP contribution is -2.08. The molecule has 0 heterocycles. The topological polar surface area (TPSA) is 86.7 Å². The molecule has 0 amide bonds. The molecule has 0 fully saturated rings. The first kappa shape index (κ1) is 25.6. The molecule has 0 aliphatic carbocycles. The number of benzene rings is 2. The highest BCUT2D eigenvalue weighted by atomic mass is 35.5. The van der Waals surface area contributed by atoms with Gasteiger partial charge in [-0.05, 0) is 84.6 Å². The summed E-state index contributed by atoms with van der Waals surface area (Å²) >= 11 is 10.7. The van der Waals surface area contributed by atoms with E-state index in [9.17, 15) is 19.2 Å². The first-order chi connectivity index (χ1) is 15.3. The van der Waals surface area contributed by atoms with Gasteiger partial charge in [0.15, 0.2) is 0 Å². The van der Waals surface area contributed by atoms with Gasteiger partial charge in [-0.25, -0.2) is 0 Å². The van der Waals surface area contributed by atoms with E-state index in [1.54, 1.807) is 0 Å². The number of carbonyl (C=O) groups is 4. The van der Waals surface area contributed by atoms with Crippen molar-refractivity contribution in [3.8, 4) is 11.5 Å². The highest BCUT2D eigenvalue weighted by molar-refractivity contribution is 6.68. The highest BCUT2D eigenvalue weighted by Gasteiger charge is 2.08. The average Bonchev–Trinajstić information content (AvgIpc) is 2.76. The monoisotopic (exact) mass is 478 g/mol. The predicted octanol–water partition coefficient (Wildman–Crippen LogP) is 6.08. The minimum atomic E-state index is -0.559. The maximum absolute atomic E-state index is 11.9. The molecule has 32 heavy (non-hydrogen) atoms. The van der Waals surface area contributed by atoms with Gasteiger partial charge in [0.05, 0.1) is 0 Å². The number of esters is 2. The number of halogens is 2. The Morgan fingerprint density at radius 3 is 1.16 bits per heavy atom. The van der Waals surface area contributed by atoms with Crippen LogP contribution in [0.2, 0.25) is 0 Å². The van der Waals surface area contributed by atoms with E-state index in [0.717, 1.165) is 38.5 Å². The Labute approximate surface area is 196 Å². The fraction of sp³-hybridized carbons (Fsp3) is 0.333. The summed E-state index contributed by atoms with van der Waals surface area (Å²) in [6, 6.07) is 12.2. The maximum atomic E-state index is 11.9. The molecule has 0 bridgehead atoms. The van der Waals surface area contributed by atoms with E-state index >= 15 is 0 Å².